The highest BCUT2D eigenvalue weighted by molar-refractivity contribution is 9.10. The maximum Gasteiger partial charge on any atom is 0.378 e. The molecule has 4 aromatic heterocycles. The van der Waals surface area contributed by atoms with Crippen molar-refractivity contribution in [3.8, 4) is 45.7 Å². The van der Waals surface area contributed by atoms with E-state index in [-0.39, 0.29) is 25.6 Å². The van der Waals surface area contributed by atoms with E-state index < -0.39 is 0 Å². The van der Waals surface area contributed by atoms with E-state index >= 15 is 0 Å². The van der Waals surface area contributed by atoms with Crippen molar-refractivity contribution < 1.29 is 24.2 Å². The van der Waals surface area contributed by atoms with Gasteiger partial charge >= 0.3 is 11.7 Å². The van der Waals surface area contributed by atoms with Crippen LogP contribution in [-0.2, 0) is 13.2 Å². The molecule has 0 saturated carbocycles. The summed E-state index contributed by atoms with van der Waals surface area (Å²) in [6.45, 7) is 0.00534. The summed E-state index contributed by atoms with van der Waals surface area (Å²) >= 11 is 6.82. The van der Waals surface area contributed by atoms with Gasteiger partial charge in [0.2, 0.25) is 5.82 Å². The minimum absolute atomic E-state index is 0. The Kier molecular flexibility index (Phi) is 10.5. The second-order valence-electron chi connectivity index (χ2n) is 10.7. The first-order chi connectivity index (χ1) is 23.4. The zero-order chi connectivity index (χ0) is 33.0. The second kappa shape index (κ2) is 15.1. The molecule has 4 heterocycles. The van der Waals surface area contributed by atoms with Gasteiger partial charge in [-0.25, -0.2) is 4.52 Å². The van der Waals surface area contributed by atoms with Crippen LogP contribution >= 0.6 is 44.3 Å². The number of hydrogen-bond acceptors (Lipinski definition) is 9. The van der Waals surface area contributed by atoms with Crippen molar-refractivity contribution in [2.45, 2.75) is 13.2 Å². The van der Waals surface area contributed by atoms with Gasteiger partial charge in [0.25, 0.3) is 5.89 Å². The molecule has 0 aliphatic carbocycles. The van der Waals surface area contributed by atoms with Crippen LogP contribution in [0.2, 0.25) is 0 Å². The number of nitrogens with one attached hydrogen (secondary N) is 1. The molecule has 0 unspecified atom stereocenters. The number of benzene rings is 4. The molecule has 13 heteroatoms. The number of aliphatic hydroxyl groups excluding tert-OH is 2. The molecule has 0 amide bonds. The first kappa shape index (κ1) is 34.0. The number of aliphatic hydroxyl groups is 2. The highest BCUT2D eigenvalue weighted by atomic mass is 79.9. The van der Waals surface area contributed by atoms with Crippen LogP contribution in [0.5, 0.6) is 0 Å². The number of hydrogen-bond donors (Lipinski definition) is 2. The van der Waals surface area contributed by atoms with Crippen molar-refractivity contribution in [1.82, 2.24) is 25.3 Å². The first-order valence-electron chi connectivity index (χ1n) is 14.7. The Morgan fingerprint density at radius 3 is 1.73 bits per heavy atom. The predicted molar refractivity (Wildman–Crippen MR) is 194 cm³/mol. The third-order valence-electron chi connectivity index (χ3n) is 7.48. The van der Waals surface area contributed by atoms with Gasteiger partial charge < -0.3 is 14.7 Å². The van der Waals surface area contributed by atoms with E-state index in [4.69, 9.17) is 9.05 Å². The average Bonchev–Trinajstić information content (AvgIpc) is 3.83. The maximum atomic E-state index is 9.20. The van der Waals surface area contributed by atoms with Crippen LogP contribution in [0.25, 0.3) is 67.5 Å². The van der Waals surface area contributed by atoms with E-state index in [0.717, 1.165) is 64.1 Å². The number of aromatic nitrogens is 6. The maximum absolute atomic E-state index is 9.20. The van der Waals surface area contributed by atoms with E-state index in [9.17, 15) is 10.2 Å². The minimum Gasteiger partial charge on any atom is -0.392 e. The Morgan fingerprint density at radius 1 is 0.592 bits per heavy atom. The van der Waals surface area contributed by atoms with Crippen molar-refractivity contribution in [2.75, 3.05) is 0 Å². The summed E-state index contributed by atoms with van der Waals surface area (Å²) in [5.41, 5.74) is 6.72. The molecular weight excluding hydrogens is 776 g/mol. The van der Waals surface area contributed by atoms with E-state index in [0.29, 0.717) is 23.4 Å². The zero-order valence-corrected chi connectivity index (χ0v) is 29.4. The standard InChI is InChI=1S/2C18H12BrN3O2.ClH/c2*19-15-5-3-12(4-6-15)17-21-18(24-22-17)14-8-13-2-1-11(10-23)7-16(13)20-9-14;/h2*1-9,23H,10H2;1H/p+1. The number of rotatable bonds is 6. The third-order valence-corrected chi connectivity index (χ3v) is 8.54. The van der Waals surface area contributed by atoms with Gasteiger partial charge in [0.15, 0.2) is 5.16 Å². The van der Waals surface area contributed by atoms with E-state index in [2.05, 4.69) is 62.1 Å². The van der Waals surface area contributed by atoms with Crippen molar-refractivity contribution in [3.05, 3.63) is 130 Å². The summed E-state index contributed by atoms with van der Waals surface area (Å²) in [5, 5.41) is 28.4. The highest BCUT2D eigenvalue weighted by Gasteiger charge is 2.19. The van der Waals surface area contributed by atoms with Crippen LogP contribution in [0.1, 0.15) is 11.1 Å². The Balaban J connectivity index is 0.000000167. The van der Waals surface area contributed by atoms with Gasteiger partial charge in [-0.1, -0.05) is 61.3 Å². The number of fused-ring (bicyclic) bond motifs is 2. The molecule has 3 N–H and O–H groups in total. The number of nitrogens with zero attached hydrogens (tertiary/aromatic N) is 5. The lowest BCUT2D eigenvalue weighted by molar-refractivity contribution is -0.356. The number of aromatic amines is 1. The minimum atomic E-state index is -0.000416. The molecule has 4 aromatic carbocycles. The van der Waals surface area contributed by atoms with Crippen LogP contribution < -0.4 is 4.98 Å². The van der Waals surface area contributed by atoms with Crippen LogP contribution in [0.15, 0.2) is 127 Å². The molecule has 10 nitrogen and oxygen atoms in total. The van der Waals surface area contributed by atoms with Gasteiger partial charge in [-0.2, -0.15) is 9.97 Å². The number of halogens is 3. The van der Waals surface area contributed by atoms with Gasteiger partial charge in [-0.05, 0) is 83.9 Å². The Labute approximate surface area is 302 Å². The molecule has 0 aliphatic rings. The fourth-order valence-electron chi connectivity index (χ4n) is 4.93. The molecule has 8 aromatic rings. The SMILES string of the molecule is Cl.OCc1ccc2cc(-c3[nH+]c(-c4ccc(Br)cc4)no3)cnc2c1.OCc1ccc2cc(-c3nc(-c4ccc(Br)cc4)no3)cnc2c1. The normalized spacial score (nSPS) is 10.9. The van der Waals surface area contributed by atoms with Crippen LogP contribution in [0, 0.1) is 0 Å². The monoisotopic (exact) mass is 799 g/mol. The van der Waals surface area contributed by atoms with Crippen LogP contribution in [-0.4, -0.2) is 35.5 Å². The molecular formula is C36H26Br2ClN6O4+. The van der Waals surface area contributed by atoms with Gasteiger partial charge in [-0.3, -0.25) is 9.97 Å². The lowest BCUT2D eigenvalue weighted by Gasteiger charge is -2.01. The molecule has 0 aliphatic heterocycles. The van der Waals surface area contributed by atoms with Gasteiger partial charge in [0, 0.05) is 37.7 Å². The van der Waals surface area contributed by atoms with Crippen LogP contribution in [0.4, 0.5) is 0 Å². The lowest BCUT2D eigenvalue weighted by atomic mass is 10.1. The van der Waals surface area contributed by atoms with Crippen molar-refractivity contribution in [2.24, 2.45) is 0 Å². The lowest BCUT2D eigenvalue weighted by Crippen LogP contribution is -2.05. The van der Waals surface area contributed by atoms with Gasteiger partial charge in [0.1, 0.15) is 0 Å². The summed E-state index contributed by atoms with van der Waals surface area (Å²) < 4.78 is 12.8. The third kappa shape index (κ3) is 7.74. The van der Waals surface area contributed by atoms with Gasteiger partial charge in [0.05, 0.1) is 40.9 Å². The van der Waals surface area contributed by atoms with Crippen molar-refractivity contribution in [1.29, 1.82) is 0 Å². The summed E-state index contributed by atoms with van der Waals surface area (Å²) in [6, 6.07) is 30.8. The fourth-order valence-corrected chi connectivity index (χ4v) is 5.46. The van der Waals surface area contributed by atoms with Crippen molar-refractivity contribution in [3.63, 3.8) is 0 Å². The summed E-state index contributed by atoms with van der Waals surface area (Å²) in [4.78, 5) is 16.5. The number of pyridine rings is 2. The summed E-state index contributed by atoms with van der Waals surface area (Å²) in [5.74, 6) is 2.17. The summed E-state index contributed by atoms with van der Waals surface area (Å²) in [7, 11) is 0. The topological polar surface area (TPSA) is 145 Å². The predicted octanol–water partition coefficient (Wildman–Crippen LogP) is 8.25. The number of H-pyrrole nitrogens is 1. The Hall–Kier alpha value is -4.85. The molecule has 0 spiro atoms. The molecule has 0 fully saturated rings. The van der Waals surface area contributed by atoms with Crippen LogP contribution in [0.3, 0.4) is 0 Å². The summed E-state index contributed by atoms with van der Waals surface area (Å²) in [6.07, 6.45) is 3.42. The Bertz CT molecular complexity index is 2200. The zero-order valence-electron chi connectivity index (χ0n) is 25.4. The highest BCUT2D eigenvalue weighted by Crippen LogP contribution is 2.26. The van der Waals surface area contributed by atoms with E-state index in [1.165, 1.54) is 0 Å². The molecule has 8 rings (SSSR count). The molecule has 0 atom stereocenters. The molecule has 244 valence electrons. The molecule has 0 bridgehead atoms. The average molecular weight is 802 g/mol. The quantitative estimate of drug-likeness (QED) is 0.170. The largest absolute Gasteiger partial charge is 0.392 e. The molecule has 49 heavy (non-hydrogen) atoms. The Morgan fingerprint density at radius 2 is 1.14 bits per heavy atom. The van der Waals surface area contributed by atoms with Gasteiger partial charge in [-0.15, -0.1) is 12.4 Å². The van der Waals surface area contributed by atoms with Crippen molar-refractivity contribution >= 4 is 66.1 Å². The second-order valence-corrected chi connectivity index (χ2v) is 12.6. The van der Waals surface area contributed by atoms with E-state index in [1.807, 2.05) is 97.1 Å². The molecule has 0 radical (unpaired) electrons. The smallest absolute Gasteiger partial charge is 0.378 e. The first-order valence-corrected chi connectivity index (χ1v) is 16.3. The molecule has 0 saturated heterocycles. The fraction of sp³-hybridized carbons (Fsp3) is 0.0556. The van der Waals surface area contributed by atoms with E-state index in [1.54, 1.807) is 12.4 Å².